The van der Waals surface area contributed by atoms with Crippen LogP contribution in [0, 0.1) is 0 Å². The minimum Gasteiger partial charge on any atom is -0.493 e. The molecule has 0 atom stereocenters. The fourth-order valence-electron chi connectivity index (χ4n) is 1.77. The summed E-state index contributed by atoms with van der Waals surface area (Å²) in [4.78, 5) is 11.8. The van der Waals surface area contributed by atoms with Crippen LogP contribution in [0.3, 0.4) is 0 Å². The molecule has 2 aromatic rings. The standard InChI is InChI=1S/C16H14Cl2O2/c17-15-7-6-12(11-16(15)18)10-13(19)8-9-20-14-4-2-1-3-5-14/h1-7,11H,8-10H2. The molecule has 4 heteroatoms. The van der Waals surface area contributed by atoms with E-state index < -0.39 is 0 Å². The second-order valence-corrected chi connectivity index (χ2v) is 5.19. The number of Topliss-reactive ketones (excluding diaryl/α,β-unsaturated/α-hetero) is 1. The molecular formula is C16H14Cl2O2. The number of benzene rings is 2. The third-order valence-corrected chi connectivity index (χ3v) is 3.52. The molecule has 2 nitrogen and oxygen atoms in total. The third kappa shape index (κ3) is 4.55. The first-order valence-electron chi connectivity index (χ1n) is 6.28. The summed E-state index contributed by atoms with van der Waals surface area (Å²) in [5.41, 5.74) is 0.865. The Morgan fingerprint density at radius 2 is 1.75 bits per heavy atom. The Kier molecular flexibility index (Phi) is 5.45. The molecule has 0 saturated heterocycles. The van der Waals surface area contributed by atoms with Gasteiger partial charge in [0, 0.05) is 12.8 Å². The average molecular weight is 309 g/mol. The van der Waals surface area contributed by atoms with Gasteiger partial charge in [0.1, 0.15) is 11.5 Å². The Hall–Kier alpha value is -1.51. The van der Waals surface area contributed by atoms with Gasteiger partial charge in [-0.3, -0.25) is 4.79 Å². The van der Waals surface area contributed by atoms with Crippen molar-refractivity contribution in [1.82, 2.24) is 0 Å². The Bertz CT molecular complexity index is 582. The van der Waals surface area contributed by atoms with Gasteiger partial charge in [0.25, 0.3) is 0 Å². The van der Waals surface area contributed by atoms with E-state index >= 15 is 0 Å². The van der Waals surface area contributed by atoms with Crippen molar-refractivity contribution in [3.63, 3.8) is 0 Å². The lowest BCUT2D eigenvalue weighted by atomic mass is 10.1. The molecule has 0 amide bonds. The summed E-state index contributed by atoms with van der Waals surface area (Å²) in [6, 6.07) is 14.7. The Morgan fingerprint density at radius 3 is 2.45 bits per heavy atom. The molecule has 0 unspecified atom stereocenters. The number of para-hydroxylation sites is 1. The molecule has 0 aliphatic rings. The van der Waals surface area contributed by atoms with Crippen LogP contribution >= 0.6 is 23.2 Å². The van der Waals surface area contributed by atoms with Crippen LogP contribution in [0.4, 0.5) is 0 Å². The SMILES string of the molecule is O=C(CCOc1ccccc1)Cc1ccc(Cl)c(Cl)c1. The van der Waals surface area contributed by atoms with E-state index in [0.29, 0.717) is 29.5 Å². The first-order valence-corrected chi connectivity index (χ1v) is 7.04. The van der Waals surface area contributed by atoms with E-state index in [9.17, 15) is 4.79 Å². The van der Waals surface area contributed by atoms with Gasteiger partial charge in [-0.15, -0.1) is 0 Å². The topological polar surface area (TPSA) is 26.3 Å². The number of ketones is 1. The molecular weight excluding hydrogens is 295 g/mol. The first kappa shape index (κ1) is 14.9. The van der Waals surface area contributed by atoms with Gasteiger partial charge >= 0.3 is 0 Å². The van der Waals surface area contributed by atoms with Crippen LogP contribution in [0.25, 0.3) is 0 Å². The van der Waals surface area contributed by atoms with Crippen molar-refractivity contribution in [1.29, 1.82) is 0 Å². The molecule has 0 heterocycles. The molecule has 0 spiro atoms. The molecule has 20 heavy (non-hydrogen) atoms. The maximum atomic E-state index is 11.8. The summed E-state index contributed by atoms with van der Waals surface area (Å²) >= 11 is 11.7. The zero-order valence-corrected chi connectivity index (χ0v) is 12.3. The molecule has 0 N–H and O–H groups in total. The molecule has 0 aromatic heterocycles. The molecule has 2 aromatic carbocycles. The van der Waals surface area contributed by atoms with Crippen LogP contribution in [0.5, 0.6) is 5.75 Å². The number of halogens is 2. The smallest absolute Gasteiger partial charge is 0.140 e. The van der Waals surface area contributed by atoms with Crippen molar-refractivity contribution in [3.05, 3.63) is 64.1 Å². The van der Waals surface area contributed by atoms with Gasteiger partial charge in [-0.25, -0.2) is 0 Å². The van der Waals surface area contributed by atoms with Gasteiger partial charge in [-0.1, -0.05) is 47.5 Å². The summed E-state index contributed by atoms with van der Waals surface area (Å²) in [5, 5.41) is 0.966. The lowest BCUT2D eigenvalue weighted by Gasteiger charge is -2.06. The van der Waals surface area contributed by atoms with Crippen molar-refractivity contribution < 1.29 is 9.53 Å². The van der Waals surface area contributed by atoms with Gasteiger partial charge < -0.3 is 4.74 Å². The van der Waals surface area contributed by atoms with Crippen molar-refractivity contribution in [2.24, 2.45) is 0 Å². The van der Waals surface area contributed by atoms with Gasteiger partial charge in [-0.05, 0) is 29.8 Å². The zero-order chi connectivity index (χ0) is 14.4. The minimum atomic E-state index is 0.110. The average Bonchev–Trinajstić information content (AvgIpc) is 2.44. The van der Waals surface area contributed by atoms with E-state index in [4.69, 9.17) is 27.9 Å². The maximum absolute atomic E-state index is 11.8. The molecule has 104 valence electrons. The van der Waals surface area contributed by atoms with Crippen LogP contribution in [-0.4, -0.2) is 12.4 Å². The number of hydrogen-bond acceptors (Lipinski definition) is 2. The molecule has 0 aliphatic heterocycles. The largest absolute Gasteiger partial charge is 0.493 e. The lowest BCUT2D eigenvalue weighted by Crippen LogP contribution is -2.08. The minimum absolute atomic E-state index is 0.110. The highest BCUT2D eigenvalue weighted by Crippen LogP contribution is 2.23. The Balaban J connectivity index is 1.79. The first-order chi connectivity index (χ1) is 9.65. The maximum Gasteiger partial charge on any atom is 0.140 e. The highest BCUT2D eigenvalue weighted by Gasteiger charge is 2.06. The number of carbonyl (C=O) groups is 1. The summed E-state index contributed by atoms with van der Waals surface area (Å²) < 4.78 is 5.49. The van der Waals surface area contributed by atoms with E-state index in [1.54, 1.807) is 12.1 Å². The quantitative estimate of drug-likeness (QED) is 0.781. The summed E-state index contributed by atoms with van der Waals surface area (Å²) in [6.07, 6.45) is 0.712. The Morgan fingerprint density at radius 1 is 1.00 bits per heavy atom. The normalized spacial score (nSPS) is 10.3. The van der Waals surface area contributed by atoms with Gasteiger partial charge in [0.15, 0.2) is 0 Å². The highest BCUT2D eigenvalue weighted by atomic mass is 35.5. The monoisotopic (exact) mass is 308 g/mol. The fraction of sp³-hybridized carbons (Fsp3) is 0.188. The molecule has 2 rings (SSSR count). The molecule has 0 saturated carbocycles. The number of carbonyl (C=O) groups excluding carboxylic acids is 1. The predicted molar refractivity (Wildman–Crippen MR) is 81.7 cm³/mol. The zero-order valence-electron chi connectivity index (χ0n) is 10.8. The van der Waals surface area contributed by atoms with Crippen LogP contribution in [0.15, 0.2) is 48.5 Å². The van der Waals surface area contributed by atoms with E-state index in [0.717, 1.165) is 11.3 Å². The molecule has 0 bridgehead atoms. The number of ether oxygens (including phenoxy) is 1. The number of hydrogen-bond donors (Lipinski definition) is 0. The molecule has 0 fully saturated rings. The fourth-order valence-corrected chi connectivity index (χ4v) is 2.09. The Labute approximate surface area is 128 Å². The van der Waals surface area contributed by atoms with Crippen molar-refractivity contribution in [2.75, 3.05) is 6.61 Å². The predicted octanol–water partition coefficient (Wildman–Crippen LogP) is 4.57. The van der Waals surface area contributed by atoms with Gasteiger partial charge in [-0.2, -0.15) is 0 Å². The molecule has 0 aliphatic carbocycles. The van der Waals surface area contributed by atoms with E-state index in [1.807, 2.05) is 36.4 Å². The van der Waals surface area contributed by atoms with Crippen LogP contribution in [0.1, 0.15) is 12.0 Å². The van der Waals surface area contributed by atoms with Crippen LogP contribution in [0.2, 0.25) is 10.0 Å². The van der Waals surface area contributed by atoms with Crippen molar-refractivity contribution >= 4 is 29.0 Å². The van der Waals surface area contributed by atoms with Crippen molar-refractivity contribution in [2.45, 2.75) is 12.8 Å². The van der Waals surface area contributed by atoms with Crippen LogP contribution in [-0.2, 0) is 11.2 Å². The summed E-state index contributed by atoms with van der Waals surface area (Å²) in [5.74, 6) is 0.883. The van der Waals surface area contributed by atoms with E-state index in [-0.39, 0.29) is 5.78 Å². The third-order valence-electron chi connectivity index (χ3n) is 2.78. The van der Waals surface area contributed by atoms with Gasteiger partial charge in [0.05, 0.1) is 16.7 Å². The second-order valence-electron chi connectivity index (χ2n) is 4.38. The summed E-state index contributed by atoms with van der Waals surface area (Å²) in [6.45, 7) is 0.379. The summed E-state index contributed by atoms with van der Waals surface area (Å²) in [7, 11) is 0. The lowest BCUT2D eigenvalue weighted by molar-refractivity contribution is -0.118. The highest BCUT2D eigenvalue weighted by molar-refractivity contribution is 6.42. The second kappa shape index (κ2) is 7.32. The van der Waals surface area contributed by atoms with Crippen LogP contribution < -0.4 is 4.74 Å². The van der Waals surface area contributed by atoms with Gasteiger partial charge in [0.2, 0.25) is 0 Å². The van der Waals surface area contributed by atoms with E-state index in [1.165, 1.54) is 0 Å². The molecule has 0 radical (unpaired) electrons. The number of rotatable bonds is 6. The van der Waals surface area contributed by atoms with E-state index in [2.05, 4.69) is 0 Å². The van der Waals surface area contributed by atoms with Crippen molar-refractivity contribution in [3.8, 4) is 5.75 Å².